The molecule has 0 amide bonds. The first-order chi connectivity index (χ1) is 9.63. The second-order valence-electron chi connectivity index (χ2n) is 5.57. The molecule has 1 atom stereocenters. The summed E-state index contributed by atoms with van der Waals surface area (Å²) < 4.78 is 5.43. The van der Waals surface area contributed by atoms with Crippen molar-refractivity contribution in [2.75, 3.05) is 33.8 Å². The van der Waals surface area contributed by atoms with E-state index in [1.807, 2.05) is 18.2 Å². The Bertz CT molecular complexity index is 495. The molecule has 0 aromatic heterocycles. The third kappa shape index (κ3) is 3.50. The molecule has 20 heavy (non-hydrogen) atoms. The van der Waals surface area contributed by atoms with Gasteiger partial charge in [0.05, 0.1) is 18.7 Å². The van der Waals surface area contributed by atoms with Crippen molar-refractivity contribution in [1.29, 1.82) is 5.26 Å². The quantitative estimate of drug-likeness (QED) is 0.845. The van der Waals surface area contributed by atoms with Gasteiger partial charge >= 0.3 is 0 Å². The van der Waals surface area contributed by atoms with Crippen LogP contribution in [0.4, 0.5) is 0 Å². The molecule has 4 heteroatoms. The maximum atomic E-state index is 9.05. The molecule has 2 rings (SSSR count). The van der Waals surface area contributed by atoms with Gasteiger partial charge in [-0.2, -0.15) is 5.26 Å². The van der Waals surface area contributed by atoms with Crippen LogP contribution in [0.5, 0.6) is 5.75 Å². The highest BCUT2D eigenvalue weighted by molar-refractivity contribution is 5.42. The van der Waals surface area contributed by atoms with Crippen LogP contribution in [-0.2, 0) is 6.54 Å². The largest absolute Gasteiger partial charge is 0.496 e. The fourth-order valence-electron chi connectivity index (χ4n) is 2.85. The highest BCUT2D eigenvalue weighted by Gasteiger charge is 2.20. The molecule has 0 saturated carbocycles. The van der Waals surface area contributed by atoms with Gasteiger partial charge in [-0.1, -0.05) is 0 Å². The van der Waals surface area contributed by atoms with Crippen molar-refractivity contribution < 1.29 is 4.74 Å². The second-order valence-corrected chi connectivity index (χ2v) is 5.57. The molecule has 0 N–H and O–H groups in total. The summed E-state index contributed by atoms with van der Waals surface area (Å²) in [6, 6.07) is 8.36. The normalized spacial score (nSPS) is 21.2. The van der Waals surface area contributed by atoms with Crippen LogP contribution < -0.4 is 4.74 Å². The van der Waals surface area contributed by atoms with Crippen LogP contribution >= 0.6 is 0 Å². The van der Waals surface area contributed by atoms with Gasteiger partial charge in [0.1, 0.15) is 5.75 Å². The van der Waals surface area contributed by atoms with Gasteiger partial charge in [0, 0.05) is 31.2 Å². The lowest BCUT2D eigenvalue weighted by atomic mass is 10.1. The maximum Gasteiger partial charge on any atom is 0.123 e. The number of rotatable bonds is 3. The van der Waals surface area contributed by atoms with Gasteiger partial charge in [-0.15, -0.1) is 0 Å². The summed E-state index contributed by atoms with van der Waals surface area (Å²) in [7, 11) is 3.86. The van der Waals surface area contributed by atoms with Crippen molar-refractivity contribution in [2.24, 2.45) is 0 Å². The van der Waals surface area contributed by atoms with Gasteiger partial charge in [0.2, 0.25) is 0 Å². The SMILES string of the molecule is COc1ccc(C#N)cc1CN1CCCN(C)CC1C. The van der Waals surface area contributed by atoms with Crippen LogP contribution in [-0.4, -0.2) is 49.6 Å². The summed E-state index contributed by atoms with van der Waals surface area (Å²) in [6.07, 6.45) is 1.18. The highest BCUT2D eigenvalue weighted by atomic mass is 16.5. The number of nitrogens with zero attached hydrogens (tertiary/aromatic N) is 3. The number of likely N-dealkylation sites (N-methyl/N-ethyl adjacent to an activating group) is 1. The van der Waals surface area contributed by atoms with Gasteiger partial charge in [-0.25, -0.2) is 0 Å². The molecule has 1 aromatic carbocycles. The fraction of sp³-hybridized carbons (Fsp3) is 0.562. The van der Waals surface area contributed by atoms with Crippen molar-refractivity contribution in [2.45, 2.75) is 25.9 Å². The van der Waals surface area contributed by atoms with Crippen LogP contribution in [0.1, 0.15) is 24.5 Å². The molecule has 0 radical (unpaired) electrons. The van der Waals surface area contributed by atoms with Crippen molar-refractivity contribution >= 4 is 0 Å². The summed E-state index contributed by atoms with van der Waals surface area (Å²) in [6.45, 7) is 6.43. The lowest BCUT2D eigenvalue weighted by Gasteiger charge is -2.28. The fourth-order valence-corrected chi connectivity index (χ4v) is 2.85. The van der Waals surface area contributed by atoms with E-state index in [-0.39, 0.29) is 0 Å². The predicted molar refractivity (Wildman–Crippen MR) is 79.7 cm³/mol. The Hall–Kier alpha value is -1.57. The van der Waals surface area contributed by atoms with Gasteiger partial charge in [0.15, 0.2) is 0 Å². The zero-order chi connectivity index (χ0) is 14.5. The van der Waals surface area contributed by atoms with E-state index in [0.717, 1.165) is 37.5 Å². The van der Waals surface area contributed by atoms with Crippen LogP contribution in [0.25, 0.3) is 0 Å². The molecule has 0 bridgehead atoms. The van der Waals surface area contributed by atoms with Crippen LogP contribution in [0.3, 0.4) is 0 Å². The molecular weight excluding hydrogens is 250 g/mol. The van der Waals surface area contributed by atoms with E-state index in [0.29, 0.717) is 11.6 Å². The van der Waals surface area contributed by atoms with Crippen molar-refractivity contribution in [1.82, 2.24) is 9.80 Å². The van der Waals surface area contributed by atoms with E-state index in [1.54, 1.807) is 7.11 Å². The third-order valence-electron chi connectivity index (χ3n) is 3.97. The highest BCUT2D eigenvalue weighted by Crippen LogP contribution is 2.23. The number of hydrogen-bond acceptors (Lipinski definition) is 4. The maximum absolute atomic E-state index is 9.05. The number of hydrogen-bond donors (Lipinski definition) is 0. The molecule has 1 saturated heterocycles. The average molecular weight is 273 g/mol. The molecule has 108 valence electrons. The predicted octanol–water partition coefficient (Wildman–Crippen LogP) is 2.09. The van der Waals surface area contributed by atoms with Gasteiger partial charge in [0.25, 0.3) is 0 Å². The van der Waals surface area contributed by atoms with Gasteiger partial charge in [-0.3, -0.25) is 4.90 Å². The van der Waals surface area contributed by atoms with E-state index in [2.05, 4.69) is 29.8 Å². The Labute approximate surface area is 121 Å². The van der Waals surface area contributed by atoms with Gasteiger partial charge in [-0.05, 0) is 45.1 Å². The van der Waals surface area contributed by atoms with E-state index in [4.69, 9.17) is 10.00 Å². The van der Waals surface area contributed by atoms with Crippen molar-refractivity contribution in [3.05, 3.63) is 29.3 Å². The minimum atomic E-state index is 0.512. The summed E-state index contributed by atoms with van der Waals surface area (Å²) in [5.41, 5.74) is 1.79. The second kappa shape index (κ2) is 6.74. The standard InChI is InChI=1S/C16H23N3O/c1-13-11-18(2)7-4-8-19(13)12-15-9-14(10-17)5-6-16(15)20-3/h5-6,9,13H,4,7-8,11-12H2,1-3H3. The molecule has 4 nitrogen and oxygen atoms in total. The smallest absolute Gasteiger partial charge is 0.123 e. The number of ether oxygens (including phenoxy) is 1. The number of methoxy groups -OCH3 is 1. The Kier molecular flexibility index (Phi) is 4.99. The van der Waals surface area contributed by atoms with Gasteiger partial charge < -0.3 is 9.64 Å². The van der Waals surface area contributed by atoms with E-state index >= 15 is 0 Å². The monoisotopic (exact) mass is 273 g/mol. The van der Waals surface area contributed by atoms with E-state index in [1.165, 1.54) is 6.42 Å². The molecule has 1 aromatic rings. The molecular formula is C16H23N3O. The van der Waals surface area contributed by atoms with Crippen LogP contribution in [0.15, 0.2) is 18.2 Å². The molecule has 1 aliphatic heterocycles. The zero-order valence-electron chi connectivity index (χ0n) is 12.6. The summed E-state index contributed by atoms with van der Waals surface area (Å²) in [5.74, 6) is 0.869. The molecule has 1 aliphatic rings. The molecule has 0 aliphatic carbocycles. The first kappa shape index (κ1) is 14.8. The third-order valence-corrected chi connectivity index (χ3v) is 3.97. The summed E-state index contributed by atoms with van der Waals surface area (Å²) in [5, 5.41) is 9.05. The topological polar surface area (TPSA) is 39.5 Å². The number of benzene rings is 1. The van der Waals surface area contributed by atoms with E-state index < -0.39 is 0 Å². The first-order valence-corrected chi connectivity index (χ1v) is 7.13. The molecule has 1 unspecified atom stereocenters. The Morgan fingerprint density at radius 1 is 1.40 bits per heavy atom. The molecule has 1 heterocycles. The minimum absolute atomic E-state index is 0.512. The molecule has 0 spiro atoms. The summed E-state index contributed by atoms with van der Waals surface area (Å²) in [4.78, 5) is 4.86. The van der Waals surface area contributed by atoms with Crippen LogP contribution in [0, 0.1) is 11.3 Å². The van der Waals surface area contributed by atoms with Crippen molar-refractivity contribution in [3.8, 4) is 11.8 Å². The lowest BCUT2D eigenvalue weighted by Crippen LogP contribution is -2.37. The Balaban J connectivity index is 2.17. The van der Waals surface area contributed by atoms with E-state index in [9.17, 15) is 0 Å². The number of nitriles is 1. The zero-order valence-corrected chi connectivity index (χ0v) is 12.6. The lowest BCUT2D eigenvalue weighted by molar-refractivity contribution is 0.192. The molecule has 1 fully saturated rings. The van der Waals surface area contributed by atoms with Crippen molar-refractivity contribution in [3.63, 3.8) is 0 Å². The first-order valence-electron chi connectivity index (χ1n) is 7.13. The Morgan fingerprint density at radius 3 is 2.90 bits per heavy atom. The average Bonchev–Trinajstić information content (AvgIpc) is 2.60. The Morgan fingerprint density at radius 2 is 2.20 bits per heavy atom. The minimum Gasteiger partial charge on any atom is -0.496 e. The van der Waals surface area contributed by atoms with Crippen LogP contribution in [0.2, 0.25) is 0 Å². The summed E-state index contributed by atoms with van der Waals surface area (Å²) >= 11 is 0.